The third-order valence-corrected chi connectivity index (χ3v) is 7.41. The number of carbonyl (C=O) groups excluding carboxylic acids is 2. The molecule has 0 fully saturated rings. The summed E-state index contributed by atoms with van der Waals surface area (Å²) in [6, 6.07) is 18.7. The lowest BCUT2D eigenvalue weighted by Crippen LogP contribution is -2.54. The highest BCUT2D eigenvalue weighted by Gasteiger charge is 2.64. The smallest absolute Gasteiger partial charge is 0.291 e. The topological polar surface area (TPSA) is 91.1 Å². The number of amides is 2. The van der Waals surface area contributed by atoms with E-state index in [9.17, 15) is 19.5 Å². The summed E-state index contributed by atoms with van der Waals surface area (Å²) in [5.74, 6) is -1.36. The largest absolute Gasteiger partial charge is 0.450 e. The van der Waals surface area contributed by atoms with Gasteiger partial charge < -0.3 is 19.3 Å². The van der Waals surface area contributed by atoms with Gasteiger partial charge in [-0.25, -0.2) is 0 Å². The number of fused-ring (bicyclic) bond motifs is 5. The van der Waals surface area contributed by atoms with Crippen molar-refractivity contribution in [3.63, 3.8) is 0 Å². The van der Waals surface area contributed by atoms with Crippen LogP contribution in [0.4, 0.5) is 5.69 Å². The number of rotatable bonds is 4. The molecule has 1 spiro atoms. The molecule has 3 heterocycles. The number of carbonyl (C=O) groups is 2. The van der Waals surface area contributed by atoms with E-state index in [1.165, 1.54) is 21.9 Å². The van der Waals surface area contributed by atoms with Crippen molar-refractivity contribution in [3.05, 3.63) is 109 Å². The zero-order valence-corrected chi connectivity index (χ0v) is 20.2. The van der Waals surface area contributed by atoms with Gasteiger partial charge in [0.1, 0.15) is 5.58 Å². The Labute approximate surface area is 215 Å². The molecule has 1 aromatic heterocycles. The SMILES string of the molecule is O=C1c2oc3ccc(Cl)cc3c(=O)c2C2(C(=O)N(Cc3ccccc3Cl)c3ccccc32)N1CCO. The molecule has 2 aliphatic heterocycles. The maximum atomic E-state index is 14.5. The first-order valence-electron chi connectivity index (χ1n) is 11.2. The van der Waals surface area contributed by atoms with E-state index in [1.807, 2.05) is 12.1 Å². The van der Waals surface area contributed by atoms with E-state index >= 15 is 0 Å². The van der Waals surface area contributed by atoms with E-state index in [4.69, 9.17) is 27.6 Å². The van der Waals surface area contributed by atoms with Gasteiger partial charge in [-0.1, -0.05) is 59.6 Å². The van der Waals surface area contributed by atoms with Crippen molar-refractivity contribution in [2.45, 2.75) is 12.1 Å². The van der Waals surface area contributed by atoms with E-state index in [1.54, 1.807) is 42.5 Å². The lowest BCUT2D eigenvalue weighted by molar-refractivity contribution is -0.126. The molecule has 9 heteroatoms. The molecule has 7 nitrogen and oxygen atoms in total. The number of benzene rings is 3. The first kappa shape index (κ1) is 22.8. The van der Waals surface area contributed by atoms with E-state index in [0.29, 0.717) is 26.9 Å². The predicted molar refractivity (Wildman–Crippen MR) is 135 cm³/mol. The lowest BCUT2D eigenvalue weighted by atomic mass is 9.84. The minimum absolute atomic E-state index is 0.0742. The van der Waals surface area contributed by atoms with Crippen LogP contribution < -0.4 is 10.3 Å². The summed E-state index contributed by atoms with van der Waals surface area (Å²) < 4.78 is 5.93. The van der Waals surface area contributed by atoms with E-state index in [2.05, 4.69) is 0 Å². The summed E-state index contributed by atoms with van der Waals surface area (Å²) in [6.45, 7) is -0.473. The summed E-state index contributed by atoms with van der Waals surface area (Å²) in [4.78, 5) is 44.8. The van der Waals surface area contributed by atoms with Gasteiger partial charge in [-0.05, 0) is 35.9 Å². The summed E-state index contributed by atoms with van der Waals surface area (Å²) in [5, 5.41) is 10.8. The molecule has 1 unspecified atom stereocenters. The number of aliphatic hydroxyl groups is 1. The van der Waals surface area contributed by atoms with Crippen LogP contribution in [0.2, 0.25) is 10.0 Å². The van der Waals surface area contributed by atoms with Crippen molar-refractivity contribution in [2.24, 2.45) is 0 Å². The molecule has 0 bridgehead atoms. The second-order valence-electron chi connectivity index (χ2n) is 8.67. The highest BCUT2D eigenvalue weighted by molar-refractivity contribution is 6.31. The molecule has 2 aliphatic rings. The molecule has 6 rings (SSSR count). The summed E-state index contributed by atoms with van der Waals surface area (Å²) in [7, 11) is 0. The molecule has 0 aliphatic carbocycles. The molecule has 1 atom stereocenters. The van der Waals surface area contributed by atoms with Crippen molar-refractivity contribution >= 4 is 51.7 Å². The van der Waals surface area contributed by atoms with Crippen LogP contribution in [-0.2, 0) is 16.9 Å². The van der Waals surface area contributed by atoms with Gasteiger partial charge in [0.2, 0.25) is 5.76 Å². The van der Waals surface area contributed by atoms with Crippen LogP contribution in [0.1, 0.15) is 27.2 Å². The van der Waals surface area contributed by atoms with E-state index in [0.717, 1.165) is 0 Å². The zero-order valence-electron chi connectivity index (χ0n) is 18.7. The molecule has 0 saturated heterocycles. The van der Waals surface area contributed by atoms with Gasteiger partial charge in [0, 0.05) is 22.2 Å². The average molecular weight is 521 g/mol. The Kier molecular flexibility index (Phi) is 5.19. The number of para-hydroxylation sites is 1. The summed E-state index contributed by atoms with van der Waals surface area (Å²) >= 11 is 12.6. The molecule has 1 N–H and O–H groups in total. The van der Waals surface area contributed by atoms with Crippen LogP contribution in [-0.4, -0.2) is 35.0 Å². The van der Waals surface area contributed by atoms with Gasteiger partial charge in [-0.2, -0.15) is 0 Å². The number of β-amino-alcohol motifs (C(OH)–C–C–N with tert-alkyl or cyclic N) is 1. The summed E-state index contributed by atoms with van der Waals surface area (Å²) in [5.41, 5.74) is -0.517. The van der Waals surface area contributed by atoms with Crippen LogP contribution in [0.25, 0.3) is 11.0 Å². The van der Waals surface area contributed by atoms with Crippen LogP contribution in [0.5, 0.6) is 0 Å². The third-order valence-electron chi connectivity index (χ3n) is 6.81. The lowest BCUT2D eigenvalue weighted by Gasteiger charge is -2.33. The normalized spacial score (nSPS) is 18.4. The Morgan fingerprint density at radius 2 is 1.69 bits per heavy atom. The van der Waals surface area contributed by atoms with Crippen LogP contribution in [0.3, 0.4) is 0 Å². The monoisotopic (exact) mass is 520 g/mol. The number of nitrogens with zero attached hydrogens (tertiary/aromatic N) is 2. The number of hydrogen-bond donors (Lipinski definition) is 1. The van der Waals surface area contributed by atoms with Gasteiger partial charge in [0.05, 0.1) is 29.8 Å². The highest BCUT2D eigenvalue weighted by Crippen LogP contribution is 2.52. The Bertz CT molecular complexity index is 1650. The number of aliphatic hydroxyl groups excluding tert-OH is 1. The van der Waals surface area contributed by atoms with Crippen molar-refractivity contribution in [3.8, 4) is 0 Å². The maximum absolute atomic E-state index is 14.5. The molecule has 3 aromatic carbocycles. The average Bonchev–Trinajstić information content (AvgIpc) is 3.26. The minimum atomic E-state index is -1.80. The number of anilines is 1. The van der Waals surface area contributed by atoms with Crippen LogP contribution in [0.15, 0.2) is 75.9 Å². The first-order valence-corrected chi connectivity index (χ1v) is 12.0. The van der Waals surface area contributed by atoms with Crippen molar-refractivity contribution in [1.29, 1.82) is 0 Å². The molecule has 0 saturated carbocycles. The molecule has 0 radical (unpaired) electrons. The molecule has 180 valence electrons. The second kappa shape index (κ2) is 8.20. The Morgan fingerprint density at radius 3 is 2.47 bits per heavy atom. The zero-order chi connectivity index (χ0) is 25.2. The maximum Gasteiger partial charge on any atom is 0.291 e. The van der Waals surface area contributed by atoms with Crippen molar-refractivity contribution < 1.29 is 19.1 Å². The van der Waals surface area contributed by atoms with Crippen LogP contribution >= 0.6 is 23.2 Å². The molecule has 2 amide bonds. The molecular formula is C27H18Cl2N2O5. The summed E-state index contributed by atoms with van der Waals surface area (Å²) in [6.07, 6.45) is 0. The van der Waals surface area contributed by atoms with E-state index < -0.39 is 29.4 Å². The van der Waals surface area contributed by atoms with Crippen LogP contribution in [0, 0.1) is 0 Å². The number of halogens is 2. The third kappa shape index (κ3) is 2.94. The fourth-order valence-corrected chi connectivity index (χ4v) is 5.68. The number of hydrogen-bond acceptors (Lipinski definition) is 5. The molecular weight excluding hydrogens is 503 g/mol. The second-order valence-corrected chi connectivity index (χ2v) is 9.51. The molecule has 4 aromatic rings. The minimum Gasteiger partial charge on any atom is -0.450 e. The predicted octanol–water partition coefficient (Wildman–Crippen LogP) is 4.34. The highest BCUT2D eigenvalue weighted by atomic mass is 35.5. The van der Waals surface area contributed by atoms with Gasteiger partial charge in [-0.3, -0.25) is 14.4 Å². The van der Waals surface area contributed by atoms with Crippen molar-refractivity contribution in [1.82, 2.24) is 4.90 Å². The van der Waals surface area contributed by atoms with E-state index in [-0.39, 0.29) is 35.4 Å². The Morgan fingerprint density at radius 1 is 0.944 bits per heavy atom. The quantitative estimate of drug-likeness (QED) is 0.432. The van der Waals surface area contributed by atoms with Gasteiger partial charge in [0.25, 0.3) is 11.8 Å². The fraction of sp³-hybridized carbons (Fsp3) is 0.148. The Hall–Kier alpha value is -3.65. The molecule has 36 heavy (non-hydrogen) atoms. The Balaban J connectivity index is 1.67. The van der Waals surface area contributed by atoms with Gasteiger partial charge in [-0.15, -0.1) is 0 Å². The first-order chi connectivity index (χ1) is 17.4. The van der Waals surface area contributed by atoms with Gasteiger partial charge >= 0.3 is 0 Å². The van der Waals surface area contributed by atoms with Crippen molar-refractivity contribution in [2.75, 3.05) is 18.1 Å². The fourth-order valence-electron chi connectivity index (χ4n) is 5.32. The van der Waals surface area contributed by atoms with Gasteiger partial charge in [0.15, 0.2) is 11.0 Å². The standard InChI is InChI=1S/C27H18Cl2N2O5/c28-16-9-10-21-17(13-16)23(33)22-24(36-21)25(34)31(11-12-32)27(22)18-6-2-4-8-20(18)30(26(27)35)14-15-5-1-3-7-19(15)29/h1-10,13,32H,11-12,14H2.